The lowest BCUT2D eigenvalue weighted by Gasteiger charge is -2.25. The van der Waals surface area contributed by atoms with Crippen molar-refractivity contribution in [3.8, 4) is 5.75 Å². The molecule has 2 heterocycles. The summed E-state index contributed by atoms with van der Waals surface area (Å²) in [6.45, 7) is -1.16. The molecule has 1 aromatic heterocycles. The van der Waals surface area contributed by atoms with E-state index >= 15 is 0 Å². The Balaban J connectivity index is 1.74. The molecule has 1 atom stereocenters. The Hall–Kier alpha value is -4.44. The highest BCUT2D eigenvalue weighted by Gasteiger charge is 2.35. The second kappa shape index (κ2) is 11.1. The van der Waals surface area contributed by atoms with Gasteiger partial charge in [-0.15, -0.1) is 0 Å². The predicted molar refractivity (Wildman–Crippen MR) is 141 cm³/mol. The van der Waals surface area contributed by atoms with Gasteiger partial charge in [0.15, 0.2) is 4.80 Å². The van der Waals surface area contributed by atoms with Crippen LogP contribution in [0.1, 0.15) is 29.7 Å². The van der Waals surface area contributed by atoms with Crippen molar-refractivity contribution in [3.63, 3.8) is 0 Å². The van der Waals surface area contributed by atoms with E-state index in [2.05, 4.69) is 4.74 Å². The molecular weight excluding hydrogens is 529 g/mol. The minimum atomic E-state index is -2.95. The first-order valence-corrected chi connectivity index (χ1v) is 12.8. The summed E-state index contributed by atoms with van der Waals surface area (Å²) in [6.07, 6.45) is 1.61. The number of halogens is 3. The number of rotatable bonds is 7. The van der Waals surface area contributed by atoms with Crippen molar-refractivity contribution in [3.05, 3.63) is 127 Å². The molecule has 10 heteroatoms. The minimum Gasteiger partial charge on any atom is -0.463 e. The Kier molecular flexibility index (Phi) is 7.47. The van der Waals surface area contributed by atoms with Crippen molar-refractivity contribution in [2.75, 3.05) is 6.61 Å². The fraction of sp³-hybridized carbons (Fsp3) is 0.138. The van der Waals surface area contributed by atoms with E-state index in [0.717, 1.165) is 11.3 Å². The topological polar surface area (TPSA) is 69.9 Å². The van der Waals surface area contributed by atoms with Crippen molar-refractivity contribution in [2.45, 2.75) is 19.6 Å². The van der Waals surface area contributed by atoms with Crippen LogP contribution in [-0.4, -0.2) is 23.8 Å². The second-order valence-corrected chi connectivity index (χ2v) is 9.44. The third kappa shape index (κ3) is 5.42. The van der Waals surface area contributed by atoms with Gasteiger partial charge in [-0.3, -0.25) is 9.36 Å². The Labute approximate surface area is 224 Å². The zero-order valence-electron chi connectivity index (χ0n) is 20.5. The van der Waals surface area contributed by atoms with Gasteiger partial charge in [0, 0.05) is 5.56 Å². The SMILES string of the molecule is CCOC(=O)C1=C(c2ccccc2)N=c2s/c(=C/c3ccc(OC(F)F)cc3)c(=O)n2[C@H]1c1ccc(F)cc1. The van der Waals surface area contributed by atoms with Gasteiger partial charge >= 0.3 is 12.6 Å². The molecule has 0 bridgehead atoms. The molecule has 4 aromatic rings. The van der Waals surface area contributed by atoms with Crippen LogP contribution < -0.4 is 19.6 Å². The summed E-state index contributed by atoms with van der Waals surface area (Å²) in [6, 6.07) is 19.5. The fourth-order valence-corrected chi connectivity index (χ4v) is 5.30. The molecule has 3 aromatic carbocycles. The number of benzene rings is 3. The van der Waals surface area contributed by atoms with Crippen molar-refractivity contribution in [1.29, 1.82) is 0 Å². The van der Waals surface area contributed by atoms with E-state index in [1.807, 2.05) is 18.2 Å². The van der Waals surface area contributed by atoms with Gasteiger partial charge in [-0.05, 0) is 48.4 Å². The summed E-state index contributed by atoms with van der Waals surface area (Å²) in [7, 11) is 0. The van der Waals surface area contributed by atoms with Crippen LogP contribution in [0.5, 0.6) is 5.75 Å². The molecule has 1 aliphatic rings. The monoisotopic (exact) mass is 550 g/mol. The highest BCUT2D eigenvalue weighted by atomic mass is 32.1. The summed E-state index contributed by atoms with van der Waals surface area (Å²) in [5.74, 6) is -1.11. The first-order chi connectivity index (χ1) is 18.9. The Bertz CT molecular complexity index is 1710. The summed E-state index contributed by atoms with van der Waals surface area (Å²) < 4.78 is 50.3. The number of fused-ring (bicyclic) bond motifs is 1. The Morgan fingerprint density at radius 3 is 2.38 bits per heavy atom. The maximum absolute atomic E-state index is 13.8. The molecule has 0 amide bonds. The normalized spacial score (nSPS) is 15.2. The molecular formula is C29H21F3N2O4S. The first kappa shape index (κ1) is 26.2. The second-order valence-electron chi connectivity index (χ2n) is 8.43. The molecule has 6 nitrogen and oxygen atoms in total. The molecule has 39 heavy (non-hydrogen) atoms. The van der Waals surface area contributed by atoms with Gasteiger partial charge in [0.1, 0.15) is 11.6 Å². The lowest BCUT2D eigenvalue weighted by Crippen LogP contribution is -2.40. The summed E-state index contributed by atoms with van der Waals surface area (Å²) in [4.78, 5) is 32.2. The molecule has 5 rings (SSSR count). The average Bonchev–Trinajstić information content (AvgIpc) is 3.24. The molecule has 0 spiro atoms. The number of carbonyl (C=O) groups excluding carboxylic acids is 1. The molecule has 198 valence electrons. The van der Waals surface area contributed by atoms with Gasteiger partial charge in [0.25, 0.3) is 5.56 Å². The van der Waals surface area contributed by atoms with E-state index in [1.54, 1.807) is 37.3 Å². The lowest BCUT2D eigenvalue weighted by atomic mass is 9.93. The van der Waals surface area contributed by atoms with Gasteiger partial charge < -0.3 is 9.47 Å². The number of hydrogen-bond donors (Lipinski definition) is 0. The van der Waals surface area contributed by atoms with E-state index in [4.69, 9.17) is 9.73 Å². The van der Waals surface area contributed by atoms with E-state index in [-0.39, 0.29) is 17.9 Å². The van der Waals surface area contributed by atoms with Crippen LogP contribution in [-0.2, 0) is 9.53 Å². The van der Waals surface area contributed by atoms with Gasteiger partial charge in [-0.2, -0.15) is 8.78 Å². The van der Waals surface area contributed by atoms with Gasteiger partial charge in [0.2, 0.25) is 0 Å². The third-order valence-corrected chi connectivity index (χ3v) is 6.95. The molecule has 0 saturated carbocycles. The lowest BCUT2D eigenvalue weighted by molar-refractivity contribution is -0.138. The highest BCUT2D eigenvalue weighted by molar-refractivity contribution is 7.07. The fourth-order valence-electron chi connectivity index (χ4n) is 4.30. The van der Waals surface area contributed by atoms with Crippen LogP contribution in [0.3, 0.4) is 0 Å². The number of carbonyl (C=O) groups is 1. The standard InChI is InChI=1S/C29H21F3N2O4S/c1-2-37-27(36)23-24(18-6-4-3-5-7-18)33-29-34(25(23)19-10-12-20(30)13-11-19)26(35)22(39-29)16-17-8-14-21(15-9-17)38-28(31)32/h3-16,25,28H,2H2,1H3/b22-16+/t25-/m0/s1. The van der Waals surface area contributed by atoms with Gasteiger partial charge in [-0.25, -0.2) is 14.2 Å². The van der Waals surface area contributed by atoms with Crippen molar-refractivity contribution >= 4 is 29.1 Å². The number of alkyl halides is 2. The van der Waals surface area contributed by atoms with Crippen LogP contribution in [0.25, 0.3) is 11.8 Å². The minimum absolute atomic E-state index is 0.00787. The molecule has 0 fully saturated rings. The van der Waals surface area contributed by atoms with Crippen molar-refractivity contribution < 1.29 is 27.4 Å². The Morgan fingerprint density at radius 2 is 1.74 bits per heavy atom. The first-order valence-electron chi connectivity index (χ1n) is 11.9. The van der Waals surface area contributed by atoms with Crippen molar-refractivity contribution in [2.24, 2.45) is 4.99 Å². The Morgan fingerprint density at radius 1 is 1.05 bits per heavy atom. The molecule has 0 aliphatic carbocycles. The molecule has 0 unspecified atom stereocenters. The van der Waals surface area contributed by atoms with E-state index < -0.39 is 30.0 Å². The zero-order valence-corrected chi connectivity index (χ0v) is 21.3. The van der Waals surface area contributed by atoms with E-state index in [9.17, 15) is 22.8 Å². The maximum atomic E-state index is 13.8. The number of esters is 1. The molecule has 0 radical (unpaired) electrons. The van der Waals surface area contributed by atoms with Crippen molar-refractivity contribution in [1.82, 2.24) is 4.57 Å². The number of thiazole rings is 1. The quantitative estimate of drug-likeness (QED) is 0.314. The largest absolute Gasteiger partial charge is 0.463 e. The summed E-state index contributed by atoms with van der Waals surface area (Å²) >= 11 is 1.12. The van der Waals surface area contributed by atoms with Gasteiger partial charge in [0.05, 0.1) is 28.5 Å². The zero-order chi connectivity index (χ0) is 27.5. The van der Waals surface area contributed by atoms with Crippen LogP contribution >= 0.6 is 11.3 Å². The van der Waals surface area contributed by atoms with E-state index in [1.165, 1.54) is 41.0 Å². The number of hydrogen-bond acceptors (Lipinski definition) is 6. The smallest absolute Gasteiger partial charge is 0.387 e. The van der Waals surface area contributed by atoms with Crippen LogP contribution in [0.4, 0.5) is 13.2 Å². The number of nitrogens with zero attached hydrogens (tertiary/aromatic N) is 2. The third-order valence-electron chi connectivity index (χ3n) is 5.96. The van der Waals surface area contributed by atoms with Crippen LogP contribution in [0.15, 0.2) is 94.2 Å². The van der Waals surface area contributed by atoms with Gasteiger partial charge in [-0.1, -0.05) is 65.9 Å². The number of ether oxygens (including phenoxy) is 2. The number of aromatic nitrogens is 1. The maximum Gasteiger partial charge on any atom is 0.387 e. The average molecular weight is 551 g/mol. The van der Waals surface area contributed by atoms with Crippen LogP contribution in [0.2, 0.25) is 0 Å². The molecule has 0 saturated heterocycles. The van der Waals surface area contributed by atoms with E-state index in [0.29, 0.717) is 31.7 Å². The molecule has 1 aliphatic heterocycles. The predicted octanol–water partition coefficient (Wildman–Crippen LogP) is 4.68. The molecule has 0 N–H and O–H groups in total. The summed E-state index contributed by atoms with van der Waals surface area (Å²) in [5.41, 5.74) is 1.82. The van der Waals surface area contributed by atoms with Crippen LogP contribution in [0, 0.1) is 5.82 Å². The summed E-state index contributed by atoms with van der Waals surface area (Å²) in [5, 5.41) is 0. The highest BCUT2D eigenvalue weighted by Crippen LogP contribution is 2.35.